The van der Waals surface area contributed by atoms with Crippen LogP contribution in [0.3, 0.4) is 0 Å². The van der Waals surface area contributed by atoms with Gasteiger partial charge in [0.25, 0.3) is 5.89 Å². The Balaban J connectivity index is 1.66. The molecule has 0 aliphatic rings. The summed E-state index contributed by atoms with van der Waals surface area (Å²) in [6, 6.07) is 5.10. The van der Waals surface area contributed by atoms with Gasteiger partial charge >= 0.3 is 12.1 Å². The molecule has 1 atom stereocenters. The van der Waals surface area contributed by atoms with Crippen LogP contribution in [0.2, 0.25) is 10.0 Å². The summed E-state index contributed by atoms with van der Waals surface area (Å²) in [5.41, 5.74) is -0.157. The normalized spacial score (nSPS) is 12.9. The Labute approximate surface area is 186 Å². The smallest absolute Gasteiger partial charge is 0.417 e. The zero-order chi connectivity index (χ0) is 23.2. The molecule has 0 fully saturated rings. The number of pyridine rings is 1. The van der Waals surface area contributed by atoms with Crippen LogP contribution in [0.5, 0.6) is 0 Å². The molecule has 0 saturated carbocycles. The predicted octanol–water partition coefficient (Wildman–Crippen LogP) is 4.89. The Hall–Kier alpha value is -3.15. The molecule has 1 unspecified atom stereocenters. The van der Waals surface area contributed by atoms with Crippen molar-refractivity contribution in [1.82, 2.24) is 19.5 Å². The van der Waals surface area contributed by atoms with Crippen molar-refractivity contribution in [2.45, 2.75) is 18.7 Å². The van der Waals surface area contributed by atoms with Crippen molar-refractivity contribution < 1.29 is 32.7 Å². The first-order valence-electron chi connectivity index (χ1n) is 8.82. The molecular weight excluding hydrogens is 476 g/mol. The SMILES string of the molecule is O=C(O)CC(O)c1ccc(-c2noc(-c3cn4cc(C(F)(F)F)cc(Cl)c4n3)n2)c(Cl)c1. The predicted molar refractivity (Wildman–Crippen MR) is 106 cm³/mol. The number of aromatic nitrogens is 4. The number of halogens is 5. The molecule has 0 saturated heterocycles. The summed E-state index contributed by atoms with van der Waals surface area (Å²) in [7, 11) is 0. The van der Waals surface area contributed by atoms with Gasteiger partial charge in [-0.3, -0.25) is 4.79 Å². The number of carbonyl (C=O) groups is 1. The van der Waals surface area contributed by atoms with E-state index in [1.165, 1.54) is 24.4 Å². The Morgan fingerprint density at radius 3 is 2.56 bits per heavy atom. The molecular formula is C19H11Cl2F3N4O4. The van der Waals surface area contributed by atoms with Crippen LogP contribution in [-0.4, -0.2) is 35.7 Å². The number of benzene rings is 1. The van der Waals surface area contributed by atoms with Gasteiger partial charge in [0, 0.05) is 18.0 Å². The number of rotatable bonds is 5. The van der Waals surface area contributed by atoms with E-state index in [-0.39, 0.29) is 33.1 Å². The lowest BCUT2D eigenvalue weighted by Crippen LogP contribution is -2.06. The fourth-order valence-electron chi connectivity index (χ4n) is 2.96. The Kier molecular flexibility index (Phi) is 5.57. The monoisotopic (exact) mass is 486 g/mol. The van der Waals surface area contributed by atoms with Crippen LogP contribution in [0.1, 0.15) is 23.7 Å². The van der Waals surface area contributed by atoms with Gasteiger partial charge in [-0.2, -0.15) is 18.2 Å². The Bertz CT molecular complexity index is 1340. The van der Waals surface area contributed by atoms with Gasteiger partial charge in [-0.15, -0.1) is 0 Å². The number of hydrogen-bond donors (Lipinski definition) is 2. The highest BCUT2D eigenvalue weighted by atomic mass is 35.5. The second kappa shape index (κ2) is 8.08. The van der Waals surface area contributed by atoms with Crippen LogP contribution in [-0.2, 0) is 11.0 Å². The summed E-state index contributed by atoms with van der Waals surface area (Å²) in [5.74, 6) is -1.20. The molecule has 4 rings (SSSR count). The number of hydrogen-bond acceptors (Lipinski definition) is 6. The molecule has 0 spiro atoms. The summed E-state index contributed by atoms with van der Waals surface area (Å²) < 4.78 is 45.3. The molecule has 1 aromatic carbocycles. The molecule has 0 radical (unpaired) electrons. The molecule has 0 amide bonds. The van der Waals surface area contributed by atoms with Crippen molar-refractivity contribution in [2.75, 3.05) is 0 Å². The minimum absolute atomic E-state index is 0.0587. The van der Waals surface area contributed by atoms with Crippen LogP contribution in [0, 0.1) is 0 Å². The maximum absolute atomic E-state index is 13.0. The Morgan fingerprint density at radius 2 is 1.91 bits per heavy atom. The average molecular weight is 487 g/mol. The van der Waals surface area contributed by atoms with Crippen molar-refractivity contribution in [3.63, 3.8) is 0 Å². The van der Waals surface area contributed by atoms with Crippen molar-refractivity contribution in [1.29, 1.82) is 0 Å². The minimum Gasteiger partial charge on any atom is -0.481 e. The number of alkyl halides is 3. The number of carboxylic acid groups (broad SMARTS) is 1. The summed E-state index contributed by atoms with van der Waals surface area (Å²) in [5, 5.41) is 22.4. The van der Waals surface area contributed by atoms with Crippen LogP contribution in [0.15, 0.2) is 41.2 Å². The zero-order valence-corrected chi connectivity index (χ0v) is 17.2. The van der Waals surface area contributed by atoms with Crippen molar-refractivity contribution in [2.24, 2.45) is 0 Å². The third kappa shape index (κ3) is 4.27. The van der Waals surface area contributed by atoms with E-state index in [0.29, 0.717) is 11.1 Å². The van der Waals surface area contributed by atoms with Gasteiger partial charge in [-0.25, -0.2) is 4.98 Å². The maximum atomic E-state index is 13.0. The molecule has 13 heteroatoms. The highest BCUT2D eigenvalue weighted by Gasteiger charge is 2.32. The van der Waals surface area contributed by atoms with Crippen LogP contribution >= 0.6 is 23.2 Å². The van der Waals surface area contributed by atoms with Gasteiger partial charge in [-0.05, 0) is 23.8 Å². The van der Waals surface area contributed by atoms with Gasteiger partial charge < -0.3 is 19.1 Å². The lowest BCUT2D eigenvalue weighted by atomic mass is 10.0. The molecule has 3 aromatic heterocycles. The van der Waals surface area contributed by atoms with Crippen LogP contribution in [0.25, 0.3) is 28.6 Å². The van der Waals surface area contributed by atoms with Crippen molar-refractivity contribution in [3.05, 3.63) is 57.8 Å². The number of aliphatic carboxylic acids is 1. The van der Waals surface area contributed by atoms with Crippen LogP contribution in [0.4, 0.5) is 13.2 Å². The van der Waals surface area contributed by atoms with E-state index in [0.717, 1.165) is 16.7 Å². The van der Waals surface area contributed by atoms with E-state index in [2.05, 4.69) is 15.1 Å². The molecule has 32 heavy (non-hydrogen) atoms. The topological polar surface area (TPSA) is 114 Å². The summed E-state index contributed by atoms with van der Waals surface area (Å²) in [6.07, 6.45) is -4.22. The maximum Gasteiger partial charge on any atom is 0.417 e. The second-order valence-electron chi connectivity index (χ2n) is 6.71. The molecule has 3 heterocycles. The number of fused-ring (bicyclic) bond motifs is 1. The third-order valence-corrected chi connectivity index (χ3v) is 5.06. The average Bonchev–Trinajstić information content (AvgIpc) is 3.33. The van der Waals surface area contributed by atoms with E-state index in [1.54, 1.807) is 0 Å². The summed E-state index contributed by atoms with van der Waals surface area (Å²) in [4.78, 5) is 19.1. The van der Waals surface area contributed by atoms with E-state index in [9.17, 15) is 23.1 Å². The van der Waals surface area contributed by atoms with E-state index < -0.39 is 30.2 Å². The summed E-state index contributed by atoms with van der Waals surface area (Å²) >= 11 is 12.2. The number of aliphatic hydroxyl groups is 1. The minimum atomic E-state index is -4.58. The first-order chi connectivity index (χ1) is 15.0. The van der Waals surface area contributed by atoms with Gasteiger partial charge in [-0.1, -0.05) is 34.4 Å². The van der Waals surface area contributed by atoms with Crippen LogP contribution < -0.4 is 0 Å². The quantitative estimate of drug-likeness (QED) is 0.412. The number of imidazole rings is 1. The summed E-state index contributed by atoms with van der Waals surface area (Å²) in [6.45, 7) is 0. The molecule has 0 aliphatic carbocycles. The van der Waals surface area contributed by atoms with Crippen molar-refractivity contribution >= 4 is 34.8 Å². The van der Waals surface area contributed by atoms with Gasteiger partial charge in [0.05, 0.1) is 28.1 Å². The molecule has 0 bridgehead atoms. The zero-order valence-electron chi connectivity index (χ0n) is 15.6. The van der Waals surface area contributed by atoms with E-state index in [4.69, 9.17) is 32.8 Å². The van der Waals surface area contributed by atoms with Crippen molar-refractivity contribution in [3.8, 4) is 23.0 Å². The molecule has 8 nitrogen and oxygen atoms in total. The van der Waals surface area contributed by atoms with E-state index in [1.807, 2.05) is 0 Å². The molecule has 166 valence electrons. The number of aliphatic hydroxyl groups excluding tert-OH is 1. The Morgan fingerprint density at radius 1 is 1.16 bits per heavy atom. The molecule has 2 N–H and O–H groups in total. The first kappa shape index (κ1) is 22.1. The largest absolute Gasteiger partial charge is 0.481 e. The van der Waals surface area contributed by atoms with Gasteiger partial charge in [0.2, 0.25) is 5.82 Å². The second-order valence-corrected chi connectivity index (χ2v) is 7.52. The third-order valence-electron chi connectivity index (χ3n) is 4.47. The van der Waals surface area contributed by atoms with Gasteiger partial charge in [0.15, 0.2) is 5.65 Å². The molecule has 4 aromatic rings. The first-order valence-corrected chi connectivity index (χ1v) is 9.57. The number of carboxylic acids is 1. The fourth-order valence-corrected chi connectivity index (χ4v) is 3.49. The standard InChI is InChI=1S/C19H11Cl2F3N4O4/c20-11-3-8(14(29)5-15(30)31)1-2-10(11)16-26-18(32-27-16)13-7-28-6-9(19(22,23)24)4-12(21)17(28)25-13/h1-4,6-7,14,29H,5H2,(H,30,31). The van der Waals surface area contributed by atoms with E-state index >= 15 is 0 Å². The lowest BCUT2D eigenvalue weighted by molar-refractivity contribution is -0.139. The molecule has 0 aliphatic heterocycles. The van der Waals surface area contributed by atoms with Gasteiger partial charge in [0.1, 0.15) is 5.69 Å². The lowest BCUT2D eigenvalue weighted by Gasteiger charge is -2.09. The fraction of sp³-hybridized carbons (Fsp3) is 0.158. The highest BCUT2D eigenvalue weighted by Crippen LogP contribution is 2.34. The number of nitrogens with zero attached hydrogens (tertiary/aromatic N) is 4. The highest BCUT2D eigenvalue weighted by molar-refractivity contribution is 6.33.